The Hall–Kier alpha value is -1.26. The number of methoxy groups -OCH3 is 2. The first-order valence-electron chi connectivity index (χ1n) is 6.32. The SMILES string of the molecule is COCC(C)N(CCCN)c1cccc(OC)c1. The summed E-state index contributed by atoms with van der Waals surface area (Å²) >= 11 is 0. The van der Waals surface area contributed by atoms with Crippen molar-refractivity contribution >= 4 is 5.69 Å². The number of rotatable bonds is 8. The summed E-state index contributed by atoms with van der Waals surface area (Å²) in [5.74, 6) is 0.870. The van der Waals surface area contributed by atoms with Gasteiger partial charge in [0.2, 0.25) is 0 Å². The summed E-state index contributed by atoms with van der Waals surface area (Å²) < 4.78 is 10.5. The van der Waals surface area contributed by atoms with Crippen LogP contribution >= 0.6 is 0 Å². The number of hydrogen-bond acceptors (Lipinski definition) is 4. The lowest BCUT2D eigenvalue weighted by molar-refractivity contribution is 0.181. The van der Waals surface area contributed by atoms with Gasteiger partial charge in [0.25, 0.3) is 0 Å². The second-order valence-electron chi connectivity index (χ2n) is 4.34. The number of ether oxygens (including phenoxy) is 2. The summed E-state index contributed by atoms with van der Waals surface area (Å²) in [5, 5.41) is 0. The number of nitrogens with two attached hydrogens (primary N) is 1. The zero-order valence-electron chi connectivity index (χ0n) is 11.6. The van der Waals surface area contributed by atoms with E-state index in [1.807, 2.05) is 18.2 Å². The van der Waals surface area contributed by atoms with Crippen LogP contribution in [-0.2, 0) is 4.74 Å². The molecule has 0 spiro atoms. The van der Waals surface area contributed by atoms with Crippen molar-refractivity contribution in [1.82, 2.24) is 0 Å². The molecule has 1 aromatic rings. The lowest BCUT2D eigenvalue weighted by Crippen LogP contribution is -2.37. The van der Waals surface area contributed by atoms with Crippen LogP contribution in [0.2, 0.25) is 0 Å². The molecule has 0 aliphatic heterocycles. The van der Waals surface area contributed by atoms with E-state index in [2.05, 4.69) is 17.9 Å². The van der Waals surface area contributed by atoms with Gasteiger partial charge in [0.15, 0.2) is 0 Å². The Bertz CT molecular complexity index is 344. The molecule has 1 aromatic carbocycles. The second kappa shape index (κ2) is 7.95. The molecule has 0 radical (unpaired) electrons. The molecule has 0 fully saturated rings. The van der Waals surface area contributed by atoms with Crippen LogP contribution in [0.15, 0.2) is 24.3 Å². The van der Waals surface area contributed by atoms with Crippen LogP contribution in [0.5, 0.6) is 5.75 Å². The van der Waals surface area contributed by atoms with Gasteiger partial charge in [0.05, 0.1) is 13.7 Å². The minimum Gasteiger partial charge on any atom is -0.497 e. The first kappa shape index (κ1) is 14.8. The monoisotopic (exact) mass is 252 g/mol. The fourth-order valence-corrected chi connectivity index (χ4v) is 1.99. The topological polar surface area (TPSA) is 47.7 Å². The van der Waals surface area contributed by atoms with Crippen LogP contribution in [0.25, 0.3) is 0 Å². The summed E-state index contributed by atoms with van der Waals surface area (Å²) in [6, 6.07) is 8.40. The van der Waals surface area contributed by atoms with E-state index in [1.54, 1.807) is 14.2 Å². The second-order valence-corrected chi connectivity index (χ2v) is 4.34. The summed E-state index contributed by atoms with van der Waals surface area (Å²) in [5.41, 5.74) is 6.75. The summed E-state index contributed by atoms with van der Waals surface area (Å²) in [4.78, 5) is 2.30. The fraction of sp³-hybridized carbons (Fsp3) is 0.571. The van der Waals surface area contributed by atoms with E-state index >= 15 is 0 Å². The Morgan fingerprint density at radius 1 is 1.33 bits per heavy atom. The minimum atomic E-state index is 0.314. The standard InChI is InChI=1S/C14H24N2O2/c1-12(11-17-2)16(9-5-8-15)13-6-4-7-14(10-13)18-3/h4,6-7,10,12H,5,8-9,11,15H2,1-3H3. The predicted molar refractivity (Wildman–Crippen MR) is 75.3 cm³/mol. The number of hydrogen-bond donors (Lipinski definition) is 1. The molecule has 0 bridgehead atoms. The van der Waals surface area contributed by atoms with Gasteiger partial charge in [0.1, 0.15) is 5.75 Å². The molecular weight excluding hydrogens is 228 g/mol. The maximum absolute atomic E-state index is 5.60. The van der Waals surface area contributed by atoms with Gasteiger partial charge in [-0.25, -0.2) is 0 Å². The van der Waals surface area contributed by atoms with Crippen molar-refractivity contribution in [2.75, 3.05) is 38.8 Å². The number of nitrogens with zero attached hydrogens (tertiary/aromatic N) is 1. The highest BCUT2D eigenvalue weighted by Gasteiger charge is 2.14. The predicted octanol–water partition coefficient (Wildman–Crippen LogP) is 1.89. The lowest BCUT2D eigenvalue weighted by Gasteiger charge is -2.31. The third-order valence-corrected chi connectivity index (χ3v) is 2.93. The fourth-order valence-electron chi connectivity index (χ4n) is 1.99. The zero-order chi connectivity index (χ0) is 13.4. The van der Waals surface area contributed by atoms with Gasteiger partial charge in [-0.3, -0.25) is 0 Å². The van der Waals surface area contributed by atoms with E-state index in [0.717, 1.165) is 24.4 Å². The van der Waals surface area contributed by atoms with E-state index in [1.165, 1.54) is 0 Å². The molecule has 0 aliphatic rings. The molecule has 0 aromatic heterocycles. The highest BCUT2D eigenvalue weighted by atomic mass is 16.5. The van der Waals surface area contributed by atoms with Gasteiger partial charge in [-0.2, -0.15) is 0 Å². The van der Waals surface area contributed by atoms with Crippen molar-refractivity contribution in [2.45, 2.75) is 19.4 Å². The average molecular weight is 252 g/mol. The van der Waals surface area contributed by atoms with Gasteiger partial charge in [-0.1, -0.05) is 6.07 Å². The molecule has 0 saturated heterocycles. The van der Waals surface area contributed by atoms with E-state index < -0.39 is 0 Å². The molecule has 0 heterocycles. The maximum atomic E-state index is 5.60. The molecule has 4 heteroatoms. The van der Waals surface area contributed by atoms with Crippen LogP contribution < -0.4 is 15.4 Å². The van der Waals surface area contributed by atoms with E-state index in [-0.39, 0.29) is 0 Å². The molecule has 1 atom stereocenters. The Kier molecular flexibility index (Phi) is 6.54. The van der Waals surface area contributed by atoms with Crippen LogP contribution in [0.1, 0.15) is 13.3 Å². The summed E-state index contributed by atoms with van der Waals surface area (Å²) in [6.07, 6.45) is 0.964. The molecule has 2 N–H and O–H groups in total. The van der Waals surface area contributed by atoms with Crippen LogP contribution in [0.4, 0.5) is 5.69 Å². The molecule has 0 saturated carbocycles. The largest absolute Gasteiger partial charge is 0.497 e. The molecule has 18 heavy (non-hydrogen) atoms. The van der Waals surface area contributed by atoms with Crippen molar-refractivity contribution in [1.29, 1.82) is 0 Å². The maximum Gasteiger partial charge on any atom is 0.120 e. The van der Waals surface area contributed by atoms with Crippen LogP contribution in [0, 0.1) is 0 Å². The first-order valence-corrected chi connectivity index (χ1v) is 6.32. The molecule has 1 rings (SSSR count). The molecule has 102 valence electrons. The van der Waals surface area contributed by atoms with Crippen LogP contribution in [0.3, 0.4) is 0 Å². The third kappa shape index (κ3) is 4.20. The van der Waals surface area contributed by atoms with Crippen molar-refractivity contribution in [3.05, 3.63) is 24.3 Å². The van der Waals surface area contributed by atoms with Gasteiger partial charge >= 0.3 is 0 Å². The summed E-state index contributed by atoms with van der Waals surface area (Å²) in [6.45, 7) is 4.47. The first-order chi connectivity index (χ1) is 8.72. The van der Waals surface area contributed by atoms with Crippen molar-refractivity contribution < 1.29 is 9.47 Å². The quantitative estimate of drug-likeness (QED) is 0.767. The Morgan fingerprint density at radius 3 is 2.72 bits per heavy atom. The van der Waals surface area contributed by atoms with Gasteiger partial charge < -0.3 is 20.1 Å². The molecule has 0 amide bonds. The highest BCUT2D eigenvalue weighted by Crippen LogP contribution is 2.23. The van der Waals surface area contributed by atoms with Crippen molar-refractivity contribution in [3.8, 4) is 5.75 Å². The van der Waals surface area contributed by atoms with E-state index in [0.29, 0.717) is 19.2 Å². The molecule has 0 aliphatic carbocycles. The summed E-state index contributed by atoms with van der Waals surface area (Å²) in [7, 11) is 3.41. The smallest absolute Gasteiger partial charge is 0.120 e. The number of anilines is 1. The van der Waals surface area contributed by atoms with Crippen molar-refractivity contribution in [2.24, 2.45) is 5.73 Å². The normalized spacial score (nSPS) is 12.2. The average Bonchev–Trinajstić information content (AvgIpc) is 2.40. The van der Waals surface area contributed by atoms with Gasteiger partial charge in [-0.15, -0.1) is 0 Å². The Balaban J connectivity index is 2.85. The van der Waals surface area contributed by atoms with E-state index in [9.17, 15) is 0 Å². The highest BCUT2D eigenvalue weighted by molar-refractivity contribution is 5.51. The molecule has 4 nitrogen and oxygen atoms in total. The van der Waals surface area contributed by atoms with Crippen LogP contribution in [-0.4, -0.2) is 40.0 Å². The minimum absolute atomic E-state index is 0.314. The number of benzene rings is 1. The van der Waals surface area contributed by atoms with Gasteiger partial charge in [0, 0.05) is 31.5 Å². The van der Waals surface area contributed by atoms with Crippen molar-refractivity contribution in [3.63, 3.8) is 0 Å². The van der Waals surface area contributed by atoms with E-state index in [4.69, 9.17) is 15.2 Å². The zero-order valence-corrected chi connectivity index (χ0v) is 11.6. The molecular formula is C14H24N2O2. The Labute approximate surface area is 110 Å². The third-order valence-electron chi connectivity index (χ3n) is 2.93. The Morgan fingerprint density at radius 2 is 2.11 bits per heavy atom. The lowest BCUT2D eigenvalue weighted by atomic mass is 10.2. The molecule has 1 unspecified atom stereocenters. The van der Waals surface area contributed by atoms with Gasteiger partial charge in [-0.05, 0) is 32.0 Å².